The number of rotatable bonds is 2. The van der Waals surface area contributed by atoms with Crippen LogP contribution in [0.4, 0.5) is 11.4 Å². The number of fused-ring (bicyclic) bond motifs is 3. The molecule has 3 aliphatic carbocycles. The first-order valence-electron chi connectivity index (χ1n) is 10.4. The molecule has 1 aromatic carbocycles. The maximum absolute atomic E-state index is 13.6. The van der Waals surface area contributed by atoms with Gasteiger partial charge in [-0.2, -0.15) is 0 Å². The lowest BCUT2D eigenvalue weighted by Gasteiger charge is -2.53. The van der Waals surface area contributed by atoms with Gasteiger partial charge < -0.3 is 31.7 Å². The molecule has 0 heterocycles. The van der Waals surface area contributed by atoms with Gasteiger partial charge in [0.15, 0.2) is 34.7 Å². The van der Waals surface area contributed by atoms with E-state index in [2.05, 4.69) is 0 Å². The molecular weight excluding hydrogens is 434 g/mol. The Labute approximate surface area is 188 Å². The first kappa shape index (κ1) is 22.9. The van der Waals surface area contributed by atoms with E-state index in [0.29, 0.717) is 5.69 Å². The Hall–Kier alpha value is -3.31. The van der Waals surface area contributed by atoms with Gasteiger partial charge in [0.2, 0.25) is 5.91 Å². The van der Waals surface area contributed by atoms with Crippen molar-refractivity contribution >= 4 is 40.4 Å². The zero-order valence-corrected chi connectivity index (χ0v) is 18.3. The van der Waals surface area contributed by atoms with Gasteiger partial charge in [0.1, 0.15) is 5.75 Å². The van der Waals surface area contributed by atoms with Crippen LogP contribution in [-0.4, -0.2) is 64.1 Å². The number of nitrogens with zero attached hydrogens (tertiary/aromatic N) is 1. The molecule has 11 nitrogen and oxygen atoms in total. The number of anilines is 2. The molecule has 4 rings (SSSR count). The van der Waals surface area contributed by atoms with Crippen LogP contribution in [0.1, 0.15) is 35.7 Å². The molecule has 2 fully saturated rings. The molecular formula is C22H25N3O8. The van der Waals surface area contributed by atoms with Gasteiger partial charge >= 0.3 is 0 Å². The van der Waals surface area contributed by atoms with E-state index in [1.54, 1.807) is 19.0 Å². The average molecular weight is 459 g/mol. The normalized spacial score (nSPS) is 35.5. The second kappa shape index (κ2) is 6.84. The molecule has 0 saturated heterocycles. The van der Waals surface area contributed by atoms with Crippen LogP contribution in [0.5, 0.6) is 5.75 Å². The maximum Gasteiger partial charge on any atom is 0.235 e. The molecule has 2 saturated carbocycles. The van der Waals surface area contributed by atoms with Crippen molar-refractivity contribution in [1.82, 2.24) is 0 Å². The Morgan fingerprint density at radius 3 is 2.30 bits per heavy atom. The third-order valence-electron chi connectivity index (χ3n) is 7.43. The van der Waals surface area contributed by atoms with Gasteiger partial charge in [-0.3, -0.25) is 24.0 Å². The predicted octanol–water partition coefficient (Wildman–Crippen LogP) is -1.36. The van der Waals surface area contributed by atoms with Crippen LogP contribution < -0.4 is 16.4 Å². The molecule has 0 spiro atoms. The van der Waals surface area contributed by atoms with Crippen molar-refractivity contribution in [3.63, 3.8) is 0 Å². The SMILES string of the molecule is CN(C)c1cc(N)c(O)c2c1[C@@](C)(O)[C@H]1C[C@H]3CC(=O)C(C(N)=O)C(=O)[C@@]3(O)C(=O)C1C2=O. The molecule has 11 heteroatoms. The highest BCUT2D eigenvalue weighted by atomic mass is 16.3. The van der Waals surface area contributed by atoms with E-state index in [1.807, 2.05) is 0 Å². The lowest BCUT2D eigenvalue weighted by atomic mass is 9.50. The average Bonchev–Trinajstić information content (AvgIpc) is 2.70. The molecule has 6 atom stereocenters. The van der Waals surface area contributed by atoms with Crippen LogP contribution in [0.3, 0.4) is 0 Å². The molecule has 1 amide bonds. The molecule has 0 aromatic heterocycles. The molecule has 33 heavy (non-hydrogen) atoms. The van der Waals surface area contributed by atoms with Gasteiger partial charge in [0, 0.05) is 43.6 Å². The van der Waals surface area contributed by atoms with Crippen molar-refractivity contribution in [2.24, 2.45) is 29.4 Å². The summed E-state index contributed by atoms with van der Waals surface area (Å²) in [6.07, 6.45) is -0.721. The number of ketones is 4. The van der Waals surface area contributed by atoms with E-state index >= 15 is 0 Å². The molecule has 1 aromatic rings. The van der Waals surface area contributed by atoms with Gasteiger partial charge in [-0.05, 0) is 19.4 Å². The number of nitrogens with two attached hydrogens (primary N) is 2. The number of aromatic hydroxyl groups is 1. The van der Waals surface area contributed by atoms with E-state index in [-0.39, 0.29) is 23.2 Å². The zero-order valence-electron chi connectivity index (χ0n) is 18.3. The number of carbonyl (C=O) groups excluding carboxylic acids is 5. The lowest BCUT2D eigenvalue weighted by molar-refractivity contribution is -0.182. The largest absolute Gasteiger partial charge is 0.505 e. The third kappa shape index (κ3) is 2.72. The van der Waals surface area contributed by atoms with Crippen LogP contribution >= 0.6 is 0 Å². The summed E-state index contributed by atoms with van der Waals surface area (Å²) in [7, 11) is 3.29. The second-order valence-electron chi connectivity index (χ2n) is 9.51. The van der Waals surface area contributed by atoms with E-state index < -0.39 is 76.1 Å². The number of primary amides is 1. The van der Waals surface area contributed by atoms with E-state index in [1.165, 1.54) is 13.0 Å². The summed E-state index contributed by atoms with van der Waals surface area (Å²) in [5, 5.41) is 33.5. The van der Waals surface area contributed by atoms with Crippen LogP contribution in [0, 0.1) is 23.7 Å². The topological polar surface area (TPSA) is 201 Å². The summed E-state index contributed by atoms with van der Waals surface area (Å²) in [4.78, 5) is 65.8. The van der Waals surface area contributed by atoms with Crippen LogP contribution in [0.25, 0.3) is 0 Å². The molecule has 7 N–H and O–H groups in total. The van der Waals surface area contributed by atoms with E-state index in [4.69, 9.17) is 11.5 Å². The van der Waals surface area contributed by atoms with Gasteiger partial charge in [-0.15, -0.1) is 0 Å². The molecule has 0 radical (unpaired) electrons. The molecule has 0 bridgehead atoms. The van der Waals surface area contributed by atoms with Crippen molar-refractivity contribution in [3.8, 4) is 5.75 Å². The number of benzene rings is 1. The Bertz CT molecular complexity index is 1160. The summed E-state index contributed by atoms with van der Waals surface area (Å²) in [5.41, 5.74) is 6.24. The standard InChI is InChI=1S/C22H25N3O8/c1-21(32)8-4-7-5-11(26)13(20(24)31)19(30)22(7,33)18(29)12(8)17(28)14-15(21)10(25(2)3)6-9(23)16(14)27/h6-8,12-13,27,32-33H,4-5,23H2,1-3H3,(H2,24,31)/t7-,8-,12?,13?,21-,22-/m0/s1. The van der Waals surface area contributed by atoms with Crippen molar-refractivity contribution in [2.45, 2.75) is 31.0 Å². The Kier molecular flexibility index (Phi) is 4.74. The molecule has 176 valence electrons. The minimum atomic E-state index is -2.79. The third-order valence-corrected chi connectivity index (χ3v) is 7.43. The minimum absolute atomic E-state index is 0.0622. The number of hydrogen-bond donors (Lipinski definition) is 5. The number of Topliss-reactive ketones (excluding diaryl/α,β-unsaturated/α-hetero) is 4. The molecule has 2 unspecified atom stereocenters. The Balaban J connectivity index is 1.95. The highest BCUT2D eigenvalue weighted by Gasteiger charge is 2.69. The molecule has 0 aliphatic heterocycles. The van der Waals surface area contributed by atoms with E-state index in [0.717, 1.165) is 0 Å². The van der Waals surface area contributed by atoms with Crippen molar-refractivity contribution in [3.05, 3.63) is 17.2 Å². The number of carbonyl (C=O) groups is 5. The first-order chi connectivity index (χ1) is 15.2. The van der Waals surface area contributed by atoms with E-state index in [9.17, 15) is 39.3 Å². The summed E-state index contributed by atoms with van der Waals surface area (Å²) < 4.78 is 0. The van der Waals surface area contributed by atoms with Crippen LogP contribution in [0.2, 0.25) is 0 Å². The number of amides is 1. The van der Waals surface area contributed by atoms with Crippen LogP contribution in [0.15, 0.2) is 6.07 Å². The van der Waals surface area contributed by atoms with Crippen molar-refractivity contribution < 1.29 is 39.3 Å². The first-order valence-corrected chi connectivity index (χ1v) is 10.4. The predicted molar refractivity (Wildman–Crippen MR) is 113 cm³/mol. The van der Waals surface area contributed by atoms with Crippen molar-refractivity contribution in [1.29, 1.82) is 0 Å². The second-order valence-corrected chi connectivity index (χ2v) is 9.51. The fourth-order valence-corrected chi connectivity index (χ4v) is 5.78. The van der Waals surface area contributed by atoms with Crippen molar-refractivity contribution in [2.75, 3.05) is 24.7 Å². The fraction of sp³-hybridized carbons (Fsp3) is 0.500. The summed E-state index contributed by atoms with van der Waals surface area (Å²) in [6.45, 7) is 1.37. The highest BCUT2D eigenvalue weighted by molar-refractivity contribution is 6.31. The monoisotopic (exact) mass is 459 g/mol. The highest BCUT2D eigenvalue weighted by Crippen LogP contribution is 2.57. The number of nitrogen functional groups attached to an aromatic ring is 1. The summed E-state index contributed by atoms with van der Waals surface area (Å²) >= 11 is 0. The van der Waals surface area contributed by atoms with Crippen LogP contribution in [-0.2, 0) is 24.8 Å². The van der Waals surface area contributed by atoms with Gasteiger partial charge in [-0.1, -0.05) is 0 Å². The fourth-order valence-electron chi connectivity index (χ4n) is 5.78. The van der Waals surface area contributed by atoms with Gasteiger partial charge in [0.05, 0.1) is 22.8 Å². The Morgan fingerprint density at radius 1 is 1.15 bits per heavy atom. The minimum Gasteiger partial charge on any atom is -0.505 e. The lowest BCUT2D eigenvalue weighted by Crippen LogP contribution is -2.70. The maximum atomic E-state index is 13.6. The molecule has 3 aliphatic rings. The summed E-state index contributed by atoms with van der Waals surface area (Å²) in [6, 6.07) is 1.39. The quantitative estimate of drug-likeness (QED) is 0.200. The van der Waals surface area contributed by atoms with Gasteiger partial charge in [-0.25, -0.2) is 0 Å². The smallest absolute Gasteiger partial charge is 0.235 e. The number of phenolic OH excluding ortho intramolecular Hbond substituents is 1. The zero-order chi connectivity index (χ0) is 24.8. The number of phenols is 1. The summed E-state index contributed by atoms with van der Waals surface area (Å²) in [5.74, 6) is -12.3. The Morgan fingerprint density at radius 2 is 1.76 bits per heavy atom. The number of hydrogen-bond acceptors (Lipinski definition) is 10. The van der Waals surface area contributed by atoms with Gasteiger partial charge in [0.25, 0.3) is 0 Å². The number of aliphatic hydroxyl groups is 2.